The van der Waals surface area contributed by atoms with E-state index in [1.165, 1.54) is 6.21 Å². The zero-order chi connectivity index (χ0) is 9.52. The largest absolute Gasteiger partial charge is 0.368 e. The van der Waals surface area contributed by atoms with Gasteiger partial charge in [0.15, 0.2) is 0 Å². The van der Waals surface area contributed by atoms with Gasteiger partial charge in [-0.3, -0.25) is 0 Å². The van der Waals surface area contributed by atoms with Crippen LogP contribution < -0.4 is 15.8 Å². The monoisotopic (exact) mass is 172 g/mol. The molecule has 0 heterocycles. The molecule has 0 spiro atoms. The van der Waals surface area contributed by atoms with Crippen LogP contribution in [-0.4, -0.2) is 6.21 Å². The molecule has 0 bridgehead atoms. The minimum Gasteiger partial charge on any atom is -0.368 e. The number of rotatable bonds is 3. The molecular formula is C11H12N2. The molecule has 13 heavy (non-hydrogen) atoms. The molecular weight excluding hydrogens is 160 g/mol. The van der Waals surface area contributed by atoms with Gasteiger partial charge in [0.05, 0.1) is 0 Å². The van der Waals surface area contributed by atoms with Crippen molar-refractivity contribution in [2.75, 3.05) is 0 Å². The third-order valence-electron chi connectivity index (χ3n) is 1.62. The molecule has 0 aromatic heterocycles. The third-order valence-corrected chi connectivity index (χ3v) is 1.62. The molecule has 0 aliphatic rings. The summed E-state index contributed by atoms with van der Waals surface area (Å²) in [5, 5.41) is 12.0. The van der Waals surface area contributed by atoms with Gasteiger partial charge in [0.1, 0.15) is 0 Å². The first-order valence-corrected chi connectivity index (χ1v) is 4.01. The maximum absolute atomic E-state index is 6.98. The van der Waals surface area contributed by atoms with Crippen molar-refractivity contribution in [2.45, 2.75) is 0 Å². The fourth-order valence-electron chi connectivity index (χ4n) is 1.03. The lowest BCUT2D eigenvalue weighted by Crippen LogP contribution is -2.25. The third kappa shape index (κ3) is 2.60. The standard InChI is InChI=1S/C11H12N2/c1-2-13-9-11-6-4-3-5-10(11)7-8-12/h2-9,12-13H,1H2/b10-7-,11-9-,12-8?. The topological polar surface area (TPSA) is 35.9 Å². The highest BCUT2D eigenvalue weighted by Gasteiger charge is 1.80. The molecule has 2 heteroatoms. The second kappa shape index (κ2) is 4.93. The van der Waals surface area contributed by atoms with Crippen molar-refractivity contribution in [3.63, 3.8) is 0 Å². The first-order valence-electron chi connectivity index (χ1n) is 4.01. The van der Waals surface area contributed by atoms with Gasteiger partial charge in [-0.2, -0.15) is 0 Å². The molecule has 0 aliphatic heterocycles. The molecule has 66 valence electrons. The van der Waals surface area contributed by atoms with Crippen LogP contribution in [0.15, 0.2) is 37.0 Å². The predicted octanol–water partition coefficient (Wildman–Crippen LogP) is 0.588. The van der Waals surface area contributed by atoms with Gasteiger partial charge in [0, 0.05) is 12.4 Å². The molecule has 2 nitrogen and oxygen atoms in total. The van der Waals surface area contributed by atoms with Gasteiger partial charge in [0.2, 0.25) is 0 Å². The van der Waals surface area contributed by atoms with E-state index in [-0.39, 0.29) is 0 Å². The predicted molar refractivity (Wildman–Crippen MR) is 56.7 cm³/mol. The molecule has 0 amide bonds. The van der Waals surface area contributed by atoms with E-state index < -0.39 is 0 Å². The van der Waals surface area contributed by atoms with Crippen molar-refractivity contribution >= 4 is 18.5 Å². The van der Waals surface area contributed by atoms with Crippen LogP contribution in [0.25, 0.3) is 12.3 Å². The van der Waals surface area contributed by atoms with Crippen LogP contribution in [0.3, 0.4) is 0 Å². The van der Waals surface area contributed by atoms with Crippen molar-refractivity contribution in [3.8, 4) is 0 Å². The summed E-state index contributed by atoms with van der Waals surface area (Å²) < 4.78 is 0. The molecule has 0 atom stereocenters. The molecule has 1 aromatic rings. The SMILES string of the molecule is C=CN/C=c1/cccc/c1=C/C=N. The van der Waals surface area contributed by atoms with Crippen LogP contribution in [0, 0.1) is 5.41 Å². The van der Waals surface area contributed by atoms with Crippen molar-refractivity contribution in [1.82, 2.24) is 5.32 Å². The summed E-state index contributed by atoms with van der Waals surface area (Å²) in [6, 6.07) is 7.84. The van der Waals surface area contributed by atoms with Crippen molar-refractivity contribution in [3.05, 3.63) is 47.5 Å². The van der Waals surface area contributed by atoms with Gasteiger partial charge >= 0.3 is 0 Å². The Bertz CT molecular complexity index is 404. The smallest absolute Gasteiger partial charge is 0.0183 e. The molecule has 1 rings (SSSR count). The quantitative estimate of drug-likeness (QED) is 0.643. The van der Waals surface area contributed by atoms with E-state index in [1.807, 2.05) is 30.5 Å². The summed E-state index contributed by atoms with van der Waals surface area (Å²) >= 11 is 0. The van der Waals surface area contributed by atoms with E-state index in [0.29, 0.717) is 0 Å². The maximum Gasteiger partial charge on any atom is 0.0183 e. The summed E-state index contributed by atoms with van der Waals surface area (Å²) in [4.78, 5) is 0. The average molecular weight is 172 g/mol. The minimum absolute atomic E-state index is 1.02. The maximum atomic E-state index is 6.98. The van der Waals surface area contributed by atoms with Gasteiger partial charge in [-0.1, -0.05) is 30.8 Å². The Kier molecular flexibility index (Phi) is 3.51. The van der Waals surface area contributed by atoms with Gasteiger partial charge in [-0.25, -0.2) is 0 Å². The first-order chi connectivity index (χ1) is 6.38. The van der Waals surface area contributed by atoms with Crippen LogP contribution in [0.1, 0.15) is 0 Å². The highest BCUT2D eigenvalue weighted by molar-refractivity contribution is 5.88. The highest BCUT2D eigenvalue weighted by atomic mass is 14.8. The molecule has 0 saturated heterocycles. The minimum atomic E-state index is 1.02. The van der Waals surface area contributed by atoms with Crippen LogP contribution in [-0.2, 0) is 0 Å². The fourth-order valence-corrected chi connectivity index (χ4v) is 1.03. The summed E-state index contributed by atoms with van der Waals surface area (Å²) in [6.07, 6.45) is 6.49. The summed E-state index contributed by atoms with van der Waals surface area (Å²) in [6.45, 7) is 3.55. The lowest BCUT2D eigenvalue weighted by atomic mass is 10.2. The summed E-state index contributed by atoms with van der Waals surface area (Å²) in [7, 11) is 0. The van der Waals surface area contributed by atoms with E-state index in [9.17, 15) is 0 Å². The van der Waals surface area contributed by atoms with Crippen molar-refractivity contribution in [1.29, 1.82) is 5.41 Å². The Balaban J connectivity index is 3.27. The highest BCUT2D eigenvalue weighted by Crippen LogP contribution is 1.70. The van der Waals surface area contributed by atoms with Gasteiger partial charge in [0.25, 0.3) is 0 Å². The van der Waals surface area contributed by atoms with Crippen LogP contribution in [0.4, 0.5) is 0 Å². The van der Waals surface area contributed by atoms with Crippen LogP contribution in [0.2, 0.25) is 0 Å². The molecule has 1 aromatic carbocycles. The van der Waals surface area contributed by atoms with Gasteiger partial charge in [-0.05, 0) is 22.7 Å². The molecule has 0 unspecified atom stereocenters. The van der Waals surface area contributed by atoms with Crippen LogP contribution >= 0.6 is 0 Å². The fraction of sp³-hybridized carbons (Fsp3) is 0. The van der Waals surface area contributed by atoms with E-state index in [0.717, 1.165) is 10.4 Å². The Morgan fingerprint density at radius 3 is 2.54 bits per heavy atom. The van der Waals surface area contributed by atoms with E-state index in [1.54, 1.807) is 12.3 Å². The Morgan fingerprint density at radius 2 is 1.92 bits per heavy atom. The molecule has 0 aliphatic carbocycles. The summed E-state index contributed by atoms with van der Waals surface area (Å²) in [5.74, 6) is 0. The molecule has 0 radical (unpaired) electrons. The molecule has 0 fully saturated rings. The van der Waals surface area contributed by atoms with Crippen LogP contribution in [0.5, 0.6) is 0 Å². The second-order valence-corrected chi connectivity index (χ2v) is 2.48. The normalized spacial score (nSPS) is 12.6. The van der Waals surface area contributed by atoms with E-state index in [4.69, 9.17) is 5.41 Å². The average Bonchev–Trinajstić information content (AvgIpc) is 2.17. The molecule has 2 N–H and O–H groups in total. The van der Waals surface area contributed by atoms with Gasteiger partial charge < -0.3 is 10.7 Å². The number of hydrogen-bond acceptors (Lipinski definition) is 2. The molecule has 0 saturated carbocycles. The first kappa shape index (κ1) is 9.26. The second-order valence-electron chi connectivity index (χ2n) is 2.48. The Hall–Kier alpha value is -1.83. The summed E-state index contributed by atoms with van der Waals surface area (Å²) in [5.41, 5.74) is 0. The van der Waals surface area contributed by atoms with E-state index in [2.05, 4.69) is 11.9 Å². The number of nitrogens with one attached hydrogen (secondary N) is 2. The lowest BCUT2D eigenvalue weighted by Gasteiger charge is -1.90. The van der Waals surface area contributed by atoms with Crippen molar-refractivity contribution in [2.24, 2.45) is 0 Å². The number of benzene rings is 1. The zero-order valence-corrected chi connectivity index (χ0v) is 7.33. The Morgan fingerprint density at radius 1 is 1.23 bits per heavy atom. The van der Waals surface area contributed by atoms with Gasteiger partial charge in [-0.15, -0.1) is 0 Å². The van der Waals surface area contributed by atoms with Crippen molar-refractivity contribution < 1.29 is 0 Å². The number of hydrogen-bond donors (Lipinski definition) is 2. The zero-order valence-electron chi connectivity index (χ0n) is 7.33. The Labute approximate surface area is 77.4 Å². The lowest BCUT2D eigenvalue weighted by molar-refractivity contribution is 1.27. The van der Waals surface area contributed by atoms with E-state index >= 15 is 0 Å².